The molecule has 0 radical (unpaired) electrons. The van der Waals surface area contributed by atoms with Gasteiger partial charge in [-0.2, -0.15) is 0 Å². The molecule has 26 heavy (non-hydrogen) atoms. The van der Waals surface area contributed by atoms with Gasteiger partial charge >= 0.3 is 0 Å². The molecule has 7 nitrogen and oxygen atoms in total. The van der Waals surface area contributed by atoms with Gasteiger partial charge in [-0.05, 0) is 30.5 Å². The van der Waals surface area contributed by atoms with Crippen molar-refractivity contribution < 1.29 is 9.59 Å². The predicted octanol–water partition coefficient (Wildman–Crippen LogP) is 1.49. The fraction of sp³-hybridized carbons (Fsp3) is 0.421. The highest BCUT2D eigenvalue weighted by atomic mass is 16.2. The van der Waals surface area contributed by atoms with E-state index in [2.05, 4.69) is 15.0 Å². The van der Waals surface area contributed by atoms with Crippen LogP contribution in [-0.2, 0) is 4.79 Å². The predicted molar refractivity (Wildman–Crippen MR) is 94.3 cm³/mol. The first-order valence-corrected chi connectivity index (χ1v) is 8.84. The first-order chi connectivity index (χ1) is 12.6. The molecule has 2 aliphatic rings. The SMILES string of the molecule is CN1C(=O)C[C@H](c2ccncc2)C12CCN(C(=O)c1cnccn1)CC2. The van der Waals surface area contributed by atoms with Gasteiger partial charge in [0.2, 0.25) is 5.91 Å². The Bertz CT molecular complexity index is 803. The highest BCUT2D eigenvalue weighted by molar-refractivity contribution is 5.92. The minimum Gasteiger partial charge on any atom is -0.339 e. The Morgan fingerprint density at radius 3 is 2.50 bits per heavy atom. The molecule has 0 aromatic carbocycles. The van der Waals surface area contributed by atoms with Crippen molar-refractivity contribution in [2.45, 2.75) is 30.7 Å². The number of pyridine rings is 1. The molecular weight excluding hydrogens is 330 g/mol. The van der Waals surface area contributed by atoms with Crippen molar-refractivity contribution in [3.63, 3.8) is 0 Å². The second-order valence-corrected chi connectivity index (χ2v) is 6.98. The first kappa shape index (κ1) is 16.6. The summed E-state index contributed by atoms with van der Waals surface area (Å²) in [4.78, 5) is 41.0. The Kier molecular flexibility index (Phi) is 4.14. The topological polar surface area (TPSA) is 79.3 Å². The zero-order valence-electron chi connectivity index (χ0n) is 14.7. The summed E-state index contributed by atoms with van der Waals surface area (Å²) < 4.78 is 0. The monoisotopic (exact) mass is 351 g/mol. The number of carbonyl (C=O) groups excluding carboxylic acids is 2. The molecule has 0 N–H and O–H groups in total. The molecular formula is C19H21N5O2. The van der Waals surface area contributed by atoms with Crippen molar-refractivity contribution in [2.75, 3.05) is 20.1 Å². The van der Waals surface area contributed by atoms with Crippen molar-refractivity contribution >= 4 is 11.8 Å². The molecule has 7 heteroatoms. The van der Waals surface area contributed by atoms with Gasteiger partial charge < -0.3 is 9.80 Å². The lowest BCUT2D eigenvalue weighted by Gasteiger charge is -2.46. The number of likely N-dealkylation sites (N-methyl/N-ethyl adjacent to an activating group) is 1. The maximum absolute atomic E-state index is 12.6. The highest BCUT2D eigenvalue weighted by Gasteiger charge is 2.53. The third-order valence-corrected chi connectivity index (χ3v) is 5.88. The summed E-state index contributed by atoms with van der Waals surface area (Å²) in [7, 11) is 1.89. The summed E-state index contributed by atoms with van der Waals surface area (Å²) in [5.41, 5.74) is 1.27. The van der Waals surface area contributed by atoms with Crippen LogP contribution < -0.4 is 0 Å². The summed E-state index contributed by atoms with van der Waals surface area (Å²) >= 11 is 0. The quantitative estimate of drug-likeness (QED) is 0.819. The molecule has 2 amide bonds. The van der Waals surface area contributed by atoms with Gasteiger partial charge in [0.15, 0.2) is 0 Å². The lowest BCUT2D eigenvalue weighted by atomic mass is 9.74. The maximum atomic E-state index is 12.6. The van der Waals surface area contributed by atoms with E-state index in [0.717, 1.165) is 18.4 Å². The Morgan fingerprint density at radius 2 is 1.85 bits per heavy atom. The van der Waals surface area contributed by atoms with E-state index in [0.29, 0.717) is 25.2 Å². The smallest absolute Gasteiger partial charge is 0.274 e. The van der Waals surface area contributed by atoms with E-state index in [9.17, 15) is 9.59 Å². The molecule has 0 bridgehead atoms. The summed E-state index contributed by atoms with van der Waals surface area (Å²) in [6.45, 7) is 1.21. The molecule has 0 unspecified atom stereocenters. The summed E-state index contributed by atoms with van der Waals surface area (Å²) in [6, 6.07) is 3.99. The average molecular weight is 351 g/mol. The number of hydrogen-bond donors (Lipinski definition) is 0. The largest absolute Gasteiger partial charge is 0.339 e. The minimum atomic E-state index is -0.239. The lowest BCUT2D eigenvalue weighted by Crippen LogP contribution is -2.55. The Balaban J connectivity index is 1.56. The highest BCUT2D eigenvalue weighted by Crippen LogP contribution is 2.48. The fourth-order valence-corrected chi connectivity index (χ4v) is 4.36. The Labute approximate surface area is 152 Å². The van der Waals surface area contributed by atoms with Crippen LogP contribution in [0.25, 0.3) is 0 Å². The number of carbonyl (C=O) groups is 2. The van der Waals surface area contributed by atoms with Gasteiger partial charge in [-0.3, -0.25) is 19.6 Å². The maximum Gasteiger partial charge on any atom is 0.274 e. The van der Waals surface area contributed by atoms with Gasteiger partial charge in [0.1, 0.15) is 5.69 Å². The fourth-order valence-electron chi connectivity index (χ4n) is 4.36. The van der Waals surface area contributed by atoms with E-state index >= 15 is 0 Å². The number of hydrogen-bond acceptors (Lipinski definition) is 5. The van der Waals surface area contributed by atoms with Crippen LogP contribution in [0.2, 0.25) is 0 Å². The number of rotatable bonds is 2. The van der Waals surface area contributed by atoms with Crippen molar-refractivity contribution in [3.05, 3.63) is 54.4 Å². The summed E-state index contributed by atoms with van der Waals surface area (Å²) in [5.74, 6) is 0.206. The third-order valence-electron chi connectivity index (χ3n) is 5.88. The number of aromatic nitrogens is 3. The van der Waals surface area contributed by atoms with E-state index < -0.39 is 0 Å². The van der Waals surface area contributed by atoms with Gasteiger partial charge in [-0.25, -0.2) is 4.98 Å². The van der Waals surface area contributed by atoms with E-state index in [-0.39, 0.29) is 23.3 Å². The molecule has 2 fully saturated rings. The van der Waals surface area contributed by atoms with E-state index in [1.807, 2.05) is 29.0 Å². The zero-order chi connectivity index (χ0) is 18.1. The normalized spacial score (nSPS) is 22.0. The molecule has 0 saturated carbocycles. The molecule has 2 saturated heterocycles. The summed E-state index contributed by atoms with van der Waals surface area (Å²) in [5, 5.41) is 0. The first-order valence-electron chi connectivity index (χ1n) is 8.84. The number of amides is 2. The van der Waals surface area contributed by atoms with Gasteiger partial charge in [-0.15, -0.1) is 0 Å². The lowest BCUT2D eigenvalue weighted by molar-refractivity contribution is -0.130. The molecule has 4 rings (SSSR count). The Morgan fingerprint density at radius 1 is 1.12 bits per heavy atom. The third kappa shape index (κ3) is 2.64. The number of piperidine rings is 1. The average Bonchev–Trinajstić information content (AvgIpc) is 2.94. The Hall–Kier alpha value is -2.83. The molecule has 1 spiro atoms. The number of nitrogens with zero attached hydrogens (tertiary/aromatic N) is 5. The summed E-state index contributed by atoms with van der Waals surface area (Å²) in [6.07, 6.45) is 10.2. The van der Waals surface area contributed by atoms with Crippen molar-refractivity contribution in [3.8, 4) is 0 Å². The van der Waals surface area contributed by atoms with Gasteiger partial charge in [0.25, 0.3) is 5.91 Å². The molecule has 2 aromatic rings. The van der Waals surface area contributed by atoms with Crippen molar-refractivity contribution in [2.24, 2.45) is 0 Å². The van der Waals surface area contributed by atoms with E-state index in [4.69, 9.17) is 0 Å². The molecule has 0 aliphatic carbocycles. The molecule has 2 aromatic heterocycles. The van der Waals surface area contributed by atoms with Crippen molar-refractivity contribution in [1.82, 2.24) is 24.8 Å². The van der Waals surface area contributed by atoms with Crippen LogP contribution in [0.15, 0.2) is 43.1 Å². The molecule has 2 aliphatic heterocycles. The molecule has 1 atom stereocenters. The van der Waals surface area contributed by atoms with Gasteiger partial charge in [0.05, 0.1) is 11.7 Å². The van der Waals surface area contributed by atoms with Crippen LogP contribution in [-0.4, -0.2) is 62.2 Å². The molecule has 4 heterocycles. The second kappa shape index (κ2) is 6.48. The van der Waals surface area contributed by atoms with Crippen LogP contribution in [0.4, 0.5) is 0 Å². The van der Waals surface area contributed by atoms with E-state index in [1.54, 1.807) is 18.6 Å². The second-order valence-electron chi connectivity index (χ2n) is 6.98. The number of likely N-dealkylation sites (tertiary alicyclic amines) is 2. The van der Waals surface area contributed by atoms with Crippen LogP contribution in [0, 0.1) is 0 Å². The zero-order valence-corrected chi connectivity index (χ0v) is 14.7. The van der Waals surface area contributed by atoms with Crippen LogP contribution in [0.5, 0.6) is 0 Å². The van der Waals surface area contributed by atoms with Crippen molar-refractivity contribution in [1.29, 1.82) is 0 Å². The standard InChI is InChI=1S/C19H21N5O2/c1-23-17(25)12-15(14-2-6-20-7-3-14)19(23)4-10-24(11-5-19)18(26)16-13-21-8-9-22-16/h2-3,6-9,13,15H,4-5,10-12H2,1H3/t15-/m1/s1. The molecule has 134 valence electrons. The van der Waals surface area contributed by atoms with Crippen LogP contribution in [0.3, 0.4) is 0 Å². The van der Waals surface area contributed by atoms with Gasteiger partial charge in [0, 0.05) is 57.3 Å². The minimum absolute atomic E-state index is 0.0969. The van der Waals surface area contributed by atoms with Crippen LogP contribution in [0.1, 0.15) is 41.2 Å². The van der Waals surface area contributed by atoms with E-state index in [1.165, 1.54) is 12.4 Å². The van der Waals surface area contributed by atoms with Gasteiger partial charge in [-0.1, -0.05) is 0 Å². The van der Waals surface area contributed by atoms with Crippen LogP contribution >= 0.6 is 0 Å².